The van der Waals surface area contributed by atoms with Crippen molar-refractivity contribution in [2.45, 2.75) is 0 Å². The molecule has 0 unspecified atom stereocenters. The summed E-state index contributed by atoms with van der Waals surface area (Å²) in [6, 6.07) is 10.1. The molecular formula is C15H12N2O5. The number of phenols is 1. The number of nitrogens with one attached hydrogen (secondary N) is 2. The Hall–Kier alpha value is -3.35. The Morgan fingerprint density at radius 3 is 2.23 bits per heavy atom. The van der Waals surface area contributed by atoms with Crippen LogP contribution in [0.15, 0.2) is 48.6 Å². The number of rotatable bonds is 3. The number of carbonyl (C=O) groups excluding carboxylic acids is 2. The highest BCUT2D eigenvalue weighted by atomic mass is 16.4. The number of aliphatic carboxylic acids is 1. The average molecular weight is 300 g/mol. The molecule has 2 amide bonds. The summed E-state index contributed by atoms with van der Waals surface area (Å²) in [6.07, 6.45) is 1.39. The van der Waals surface area contributed by atoms with Gasteiger partial charge >= 0.3 is 5.97 Å². The lowest BCUT2D eigenvalue weighted by Gasteiger charge is -2.08. The fraction of sp³-hybridized carbons (Fsp3) is 0. The maximum atomic E-state index is 11.9. The topological polar surface area (TPSA) is 116 Å². The van der Waals surface area contributed by atoms with Gasteiger partial charge in [0, 0.05) is 12.2 Å². The first-order chi connectivity index (χ1) is 10.5. The largest absolute Gasteiger partial charge is 0.507 e. The molecule has 0 fully saturated rings. The monoisotopic (exact) mass is 300 g/mol. The summed E-state index contributed by atoms with van der Waals surface area (Å²) in [4.78, 5) is 33.4. The van der Waals surface area contributed by atoms with Gasteiger partial charge in [0.25, 0.3) is 11.8 Å². The van der Waals surface area contributed by atoms with Gasteiger partial charge in [0.1, 0.15) is 5.75 Å². The zero-order valence-corrected chi connectivity index (χ0v) is 11.2. The first kappa shape index (κ1) is 15.0. The zero-order chi connectivity index (χ0) is 16.1. The van der Waals surface area contributed by atoms with Crippen molar-refractivity contribution in [2.75, 3.05) is 0 Å². The molecule has 22 heavy (non-hydrogen) atoms. The summed E-state index contributed by atoms with van der Waals surface area (Å²) in [5, 5.41) is 19.7. The van der Waals surface area contributed by atoms with E-state index in [0.717, 1.165) is 16.8 Å². The molecule has 7 heteroatoms. The quantitative estimate of drug-likeness (QED) is 0.497. The summed E-state index contributed by atoms with van der Waals surface area (Å²) in [7, 11) is 0. The minimum atomic E-state index is -1.28. The van der Waals surface area contributed by atoms with Crippen LogP contribution in [-0.2, 0) is 9.59 Å². The maximum absolute atomic E-state index is 11.9. The second kappa shape index (κ2) is 6.40. The number of phenolic OH excluding ortho intramolecular Hbond substituents is 1. The number of hydrogen-bond acceptors (Lipinski definition) is 4. The predicted octanol–water partition coefficient (Wildman–Crippen LogP) is 0.947. The van der Waals surface area contributed by atoms with Crippen molar-refractivity contribution in [1.82, 2.24) is 10.9 Å². The third-order valence-electron chi connectivity index (χ3n) is 2.79. The summed E-state index contributed by atoms with van der Waals surface area (Å²) in [5.74, 6) is -3.04. The van der Waals surface area contributed by atoms with Crippen molar-refractivity contribution < 1.29 is 24.6 Å². The van der Waals surface area contributed by atoms with Crippen LogP contribution in [0, 0.1) is 0 Å². The Morgan fingerprint density at radius 2 is 1.59 bits per heavy atom. The SMILES string of the molecule is O=C(O)C=CC(=O)NNC(=O)c1cc2ccccc2cc1O. The summed E-state index contributed by atoms with van der Waals surface area (Å²) >= 11 is 0. The molecule has 0 aliphatic carbocycles. The molecule has 0 saturated heterocycles. The molecular weight excluding hydrogens is 288 g/mol. The second-order valence-corrected chi connectivity index (χ2v) is 4.33. The van der Waals surface area contributed by atoms with Crippen molar-refractivity contribution in [3.8, 4) is 5.75 Å². The van der Waals surface area contributed by atoms with Gasteiger partial charge in [0.05, 0.1) is 5.56 Å². The molecule has 4 N–H and O–H groups in total. The molecule has 0 aliphatic rings. The number of aromatic hydroxyl groups is 1. The Morgan fingerprint density at radius 1 is 0.955 bits per heavy atom. The molecule has 2 aromatic carbocycles. The van der Waals surface area contributed by atoms with Crippen LogP contribution in [-0.4, -0.2) is 28.0 Å². The Kier molecular flexibility index (Phi) is 4.38. The van der Waals surface area contributed by atoms with E-state index in [9.17, 15) is 19.5 Å². The van der Waals surface area contributed by atoms with Gasteiger partial charge in [0.2, 0.25) is 0 Å². The zero-order valence-electron chi connectivity index (χ0n) is 11.2. The standard InChI is InChI=1S/C15H12N2O5/c18-12-8-10-4-2-1-3-9(10)7-11(12)15(22)17-16-13(19)5-6-14(20)21/h1-8,18H,(H,16,19)(H,17,22)(H,20,21). The highest BCUT2D eigenvalue weighted by Crippen LogP contribution is 2.24. The summed E-state index contributed by atoms with van der Waals surface area (Å²) in [6.45, 7) is 0. The number of carbonyl (C=O) groups is 3. The molecule has 0 atom stereocenters. The van der Waals surface area contributed by atoms with Gasteiger partial charge in [0.15, 0.2) is 0 Å². The molecule has 2 rings (SSSR count). The fourth-order valence-electron chi connectivity index (χ4n) is 1.78. The van der Waals surface area contributed by atoms with Gasteiger partial charge in [-0.2, -0.15) is 0 Å². The predicted molar refractivity (Wildman–Crippen MR) is 78.0 cm³/mol. The molecule has 112 valence electrons. The average Bonchev–Trinajstić information content (AvgIpc) is 2.49. The molecule has 2 aromatic rings. The molecule has 0 aromatic heterocycles. The second-order valence-electron chi connectivity index (χ2n) is 4.33. The summed E-state index contributed by atoms with van der Waals surface area (Å²) in [5.41, 5.74) is 4.08. The molecule has 7 nitrogen and oxygen atoms in total. The van der Waals surface area contributed by atoms with Gasteiger partial charge in [-0.15, -0.1) is 0 Å². The van der Waals surface area contributed by atoms with Gasteiger partial charge in [-0.1, -0.05) is 24.3 Å². The van der Waals surface area contributed by atoms with E-state index in [1.807, 2.05) is 5.43 Å². The van der Waals surface area contributed by atoms with Gasteiger partial charge < -0.3 is 10.2 Å². The van der Waals surface area contributed by atoms with Crippen LogP contribution in [0.25, 0.3) is 10.8 Å². The lowest BCUT2D eigenvalue weighted by molar-refractivity contribution is -0.131. The van der Waals surface area contributed by atoms with Gasteiger partial charge in [-0.25, -0.2) is 4.79 Å². The Labute approximate surface area is 124 Å². The molecule has 0 spiro atoms. The third kappa shape index (κ3) is 3.60. The Balaban J connectivity index is 2.11. The van der Waals surface area contributed by atoms with Crippen LogP contribution in [0.3, 0.4) is 0 Å². The Bertz CT molecular complexity index is 783. The normalized spacial score (nSPS) is 10.5. The molecule has 0 bridgehead atoms. The minimum Gasteiger partial charge on any atom is -0.507 e. The van der Waals surface area contributed by atoms with E-state index < -0.39 is 17.8 Å². The van der Waals surface area contributed by atoms with E-state index in [-0.39, 0.29) is 11.3 Å². The highest BCUT2D eigenvalue weighted by molar-refractivity contribution is 6.03. The minimum absolute atomic E-state index is 0.0128. The molecule has 0 saturated carbocycles. The lowest BCUT2D eigenvalue weighted by Crippen LogP contribution is -2.40. The van der Waals surface area contributed by atoms with Crippen molar-refractivity contribution in [1.29, 1.82) is 0 Å². The number of amides is 2. The van der Waals surface area contributed by atoms with E-state index in [2.05, 4.69) is 5.43 Å². The van der Waals surface area contributed by atoms with Gasteiger partial charge in [-0.05, 0) is 22.9 Å². The molecule has 0 radical (unpaired) electrons. The smallest absolute Gasteiger partial charge is 0.328 e. The molecule has 0 aliphatic heterocycles. The number of hydrazine groups is 1. The number of carboxylic acid groups (broad SMARTS) is 1. The number of carboxylic acids is 1. The first-order valence-electron chi connectivity index (χ1n) is 6.20. The van der Waals surface area contributed by atoms with Crippen LogP contribution >= 0.6 is 0 Å². The number of fused-ring (bicyclic) bond motifs is 1. The molecule has 0 heterocycles. The lowest BCUT2D eigenvalue weighted by atomic mass is 10.1. The maximum Gasteiger partial charge on any atom is 0.328 e. The number of hydrogen-bond donors (Lipinski definition) is 4. The van der Waals surface area contributed by atoms with Crippen LogP contribution < -0.4 is 10.9 Å². The number of benzene rings is 2. The van der Waals surface area contributed by atoms with Crippen LogP contribution in [0.5, 0.6) is 5.75 Å². The van der Waals surface area contributed by atoms with Crippen molar-refractivity contribution in [2.24, 2.45) is 0 Å². The van der Waals surface area contributed by atoms with Crippen molar-refractivity contribution in [3.05, 3.63) is 54.1 Å². The van der Waals surface area contributed by atoms with E-state index in [1.165, 1.54) is 12.1 Å². The third-order valence-corrected chi connectivity index (χ3v) is 2.79. The van der Waals surface area contributed by atoms with E-state index in [0.29, 0.717) is 6.08 Å². The van der Waals surface area contributed by atoms with Crippen LogP contribution in [0.4, 0.5) is 0 Å². The van der Waals surface area contributed by atoms with E-state index in [1.54, 1.807) is 24.3 Å². The fourth-order valence-corrected chi connectivity index (χ4v) is 1.78. The van der Waals surface area contributed by atoms with E-state index in [4.69, 9.17) is 5.11 Å². The van der Waals surface area contributed by atoms with E-state index >= 15 is 0 Å². The summed E-state index contributed by atoms with van der Waals surface area (Å²) < 4.78 is 0. The van der Waals surface area contributed by atoms with Crippen molar-refractivity contribution >= 4 is 28.6 Å². The highest BCUT2D eigenvalue weighted by Gasteiger charge is 2.12. The van der Waals surface area contributed by atoms with Crippen molar-refractivity contribution in [3.63, 3.8) is 0 Å². The first-order valence-corrected chi connectivity index (χ1v) is 6.20. The van der Waals surface area contributed by atoms with Crippen LogP contribution in [0.1, 0.15) is 10.4 Å². The van der Waals surface area contributed by atoms with Crippen LogP contribution in [0.2, 0.25) is 0 Å². The van der Waals surface area contributed by atoms with Gasteiger partial charge in [-0.3, -0.25) is 20.4 Å².